The molecule has 312 valence electrons. The molecular weight excluding hydrogens is 687 g/mol. The molecule has 5 aliphatic carbocycles. The van der Waals surface area contributed by atoms with Crippen molar-refractivity contribution in [1.29, 1.82) is 0 Å². The van der Waals surface area contributed by atoms with Gasteiger partial charge in [-0.1, -0.05) is 67.5 Å². The highest BCUT2D eigenvalue weighted by Crippen LogP contribution is 2.77. The lowest BCUT2D eigenvalue weighted by Crippen LogP contribution is -2.68. The summed E-state index contributed by atoms with van der Waals surface area (Å²) < 4.78 is 6.30. The first-order valence-corrected chi connectivity index (χ1v) is 22.3. The topological polar surface area (TPSA) is 99.2 Å². The fourth-order valence-electron chi connectivity index (χ4n) is 15.1. The number of likely N-dealkylation sites (N-methyl/N-ethyl adjacent to an activating group) is 1. The summed E-state index contributed by atoms with van der Waals surface area (Å²) in [4.78, 5) is 44.8. The molecule has 1 aliphatic heterocycles. The molecule has 6 fully saturated rings. The van der Waals surface area contributed by atoms with Crippen molar-refractivity contribution in [3.8, 4) is 0 Å². The van der Waals surface area contributed by atoms with Crippen LogP contribution in [0.25, 0.3) is 0 Å². The fraction of sp³-hybridized carbons (Fsp3) is 0.894. The number of ether oxygens (including phenoxy) is 1. The molecule has 10 atom stereocenters. The number of carboxylic acids is 1. The molecule has 0 spiro atoms. The van der Waals surface area contributed by atoms with E-state index in [1.165, 1.54) is 24.8 Å². The molecule has 8 heteroatoms. The lowest BCUT2D eigenvalue weighted by atomic mass is 9.32. The van der Waals surface area contributed by atoms with Gasteiger partial charge in [-0.05, 0) is 143 Å². The average molecular weight is 766 g/mol. The van der Waals surface area contributed by atoms with Gasteiger partial charge in [0.05, 0.1) is 18.3 Å². The van der Waals surface area contributed by atoms with E-state index < -0.39 is 11.4 Å². The fourth-order valence-corrected chi connectivity index (χ4v) is 15.1. The summed E-state index contributed by atoms with van der Waals surface area (Å²) in [6, 6.07) is 0. The zero-order chi connectivity index (χ0) is 40.6. The molecule has 8 nitrogen and oxygen atoms in total. The van der Waals surface area contributed by atoms with Gasteiger partial charge < -0.3 is 20.1 Å². The van der Waals surface area contributed by atoms with Gasteiger partial charge >= 0.3 is 11.9 Å². The lowest BCUT2D eigenvalue weighted by molar-refractivity contribution is -0.249. The number of aliphatic carboxylic acids is 1. The third-order valence-electron chi connectivity index (χ3n) is 18.0. The molecule has 55 heavy (non-hydrogen) atoms. The van der Waals surface area contributed by atoms with E-state index in [0.29, 0.717) is 35.5 Å². The predicted molar refractivity (Wildman–Crippen MR) is 220 cm³/mol. The van der Waals surface area contributed by atoms with E-state index in [1.807, 2.05) is 13.8 Å². The van der Waals surface area contributed by atoms with E-state index in [-0.39, 0.29) is 57.5 Å². The number of hydrogen-bond acceptors (Lipinski definition) is 6. The Labute approximate surface area is 334 Å². The molecule has 0 aromatic heterocycles. The Bertz CT molecular complexity index is 1500. The zero-order valence-corrected chi connectivity index (χ0v) is 36.9. The van der Waals surface area contributed by atoms with Gasteiger partial charge in [-0.3, -0.25) is 19.3 Å². The number of esters is 1. The monoisotopic (exact) mass is 766 g/mol. The van der Waals surface area contributed by atoms with Crippen molar-refractivity contribution in [2.45, 2.75) is 165 Å². The van der Waals surface area contributed by atoms with Gasteiger partial charge in [0.15, 0.2) is 0 Å². The summed E-state index contributed by atoms with van der Waals surface area (Å²) >= 11 is 0. The van der Waals surface area contributed by atoms with Crippen LogP contribution in [-0.4, -0.2) is 83.7 Å². The molecule has 2 N–H and O–H groups in total. The van der Waals surface area contributed by atoms with Crippen molar-refractivity contribution in [3.05, 3.63) is 12.2 Å². The van der Waals surface area contributed by atoms with Crippen LogP contribution in [0.1, 0.15) is 153 Å². The van der Waals surface area contributed by atoms with Crippen LogP contribution in [0.5, 0.6) is 0 Å². The van der Waals surface area contributed by atoms with Crippen LogP contribution >= 0.6 is 0 Å². The Balaban J connectivity index is 1.21. The number of carbonyl (C=O) groups excluding carboxylic acids is 2. The van der Waals surface area contributed by atoms with E-state index in [9.17, 15) is 19.5 Å². The summed E-state index contributed by atoms with van der Waals surface area (Å²) in [5, 5.41) is 13.1. The summed E-state index contributed by atoms with van der Waals surface area (Å²) in [6.07, 6.45) is 10.6. The predicted octanol–water partition coefficient (Wildman–Crippen LogP) is 8.98. The van der Waals surface area contributed by atoms with Crippen LogP contribution in [0.3, 0.4) is 0 Å². The van der Waals surface area contributed by atoms with Crippen LogP contribution in [0, 0.1) is 62.1 Å². The number of amides is 1. The normalized spacial score (nSPS) is 40.6. The van der Waals surface area contributed by atoms with Gasteiger partial charge in [-0.15, -0.1) is 0 Å². The van der Waals surface area contributed by atoms with Gasteiger partial charge in [-0.25, -0.2) is 0 Å². The van der Waals surface area contributed by atoms with Gasteiger partial charge in [0, 0.05) is 43.7 Å². The second kappa shape index (κ2) is 14.7. The van der Waals surface area contributed by atoms with E-state index in [0.717, 1.165) is 84.2 Å². The number of nitrogens with one attached hydrogen (secondary N) is 1. The largest absolute Gasteiger partial charge is 0.481 e. The van der Waals surface area contributed by atoms with Crippen molar-refractivity contribution in [3.63, 3.8) is 0 Å². The summed E-state index contributed by atoms with van der Waals surface area (Å²) in [5.41, 5.74) is 0.250. The van der Waals surface area contributed by atoms with Crippen molar-refractivity contribution in [2.24, 2.45) is 62.1 Å². The minimum absolute atomic E-state index is 0.0500. The van der Waals surface area contributed by atoms with E-state index in [4.69, 9.17) is 4.74 Å². The van der Waals surface area contributed by atoms with Gasteiger partial charge in [-0.2, -0.15) is 0 Å². The van der Waals surface area contributed by atoms with Gasteiger partial charge in [0.25, 0.3) is 0 Å². The number of rotatable bonds is 11. The Hall–Kier alpha value is -1.93. The number of piperazine rings is 1. The van der Waals surface area contributed by atoms with Gasteiger partial charge in [0.1, 0.15) is 6.10 Å². The molecule has 0 bridgehead atoms. The molecule has 5 saturated carbocycles. The van der Waals surface area contributed by atoms with Crippen molar-refractivity contribution in [2.75, 3.05) is 39.3 Å². The summed E-state index contributed by atoms with van der Waals surface area (Å²) in [6.45, 7) is 36.1. The highest BCUT2D eigenvalue weighted by molar-refractivity contribution is 5.84. The maximum Gasteiger partial charge on any atom is 0.306 e. The molecule has 6 rings (SSSR count). The average Bonchev–Trinajstić information content (AvgIpc) is 3.47. The second-order valence-electron chi connectivity index (χ2n) is 22.6. The van der Waals surface area contributed by atoms with Crippen LogP contribution in [0.4, 0.5) is 0 Å². The van der Waals surface area contributed by atoms with Crippen LogP contribution < -0.4 is 5.32 Å². The minimum Gasteiger partial charge on any atom is -0.481 e. The molecule has 1 saturated heterocycles. The third kappa shape index (κ3) is 7.37. The maximum absolute atomic E-state index is 15.0. The quantitative estimate of drug-likeness (QED) is 0.160. The molecule has 0 radical (unpaired) electrons. The molecule has 1 amide bonds. The Morgan fingerprint density at radius 2 is 1.45 bits per heavy atom. The molecular formula is C47H79N3O5. The molecule has 0 aromatic carbocycles. The van der Waals surface area contributed by atoms with Crippen molar-refractivity contribution >= 4 is 17.8 Å². The molecule has 0 aromatic rings. The highest BCUT2D eigenvalue weighted by atomic mass is 16.5. The number of fused-ring (bicyclic) bond motifs is 7. The number of carboxylic acid groups (broad SMARTS) is 1. The summed E-state index contributed by atoms with van der Waals surface area (Å²) in [5.74, 6) is 1.37. The zero-order valence-electron chi connectivity index (χ0n) is 36.9. The Morgan fingerprint density at radius 3 is 2.07 bits per heavy atom. The van der Waals surface area contributed by atoms with Gasteiger partial charge in [0.2, 0.25) is 5.91 Å². The van der Waals surface area contributed by atoms with E-state index in [2.05, 4.69) is 84.0 Å². The van der Waals surface area contributed by atoms with E-state index >= 15 is 0 Å². The summed E-state index contributed by atoms with van der Waals surface area (Å²) in [7, 11) is 0. The minimum atomic E-state index is -0.883. The number of carbonyl (C=O) groups is 3. The first-order chi connectivity index (χ1) is 25.4. The van der Waals surface area contributed by atoms with Crippen molar-refractivity contribution in [1.82, 2.24) is 15.1 Å². The standard InChI is InChI=1S/C47H79N3O5/c1-13-49-24-26-50(27-25-49)30-42(6,7)48-40(54)47-21-16-32(31(2)3)39(47)33-14-15-35-44(10)19-18-36(55-38(53)29-41(4,5)28-37(51)52)43(8,9)34(44)17-20-46(35,12)45(33,11)22-23-47/h32-36,39H,2,13-30H2,1,3-12H3,(H,48,54)(H,51,52)/t32-,33+,34?,35?,36-,39?,44-,45+,46+,47-/m0/s1. The maximum atomic E-state index is 15.0. The first kappa shape index (κ1) is 42.7. The third-order valence-corrected chi connectivity index (χ3v) is 18.0. The SMILES string of the molecule is C=C(C)[C@@H]1CC[C@]2(C(=O)NC(C)(C)CN3CCN(CC)CC3)CC[C@]3(C)[C@H](CCC4[C@@]5(C)CC[C@H](OC(=O)CC(C)(C)CC(=O)O)C(C)(C)C5CC[C@]43C)C12. The van der Waals surface area contributed by atoms with Crippen molar-refractivity contribution < 1.29 is 24.2 Å². The van der Waals surface area contributed by atoms with Crippen LogP contribution in [0.2, 0.25) is 0 Å². The lowest BCUT2D eigenvalue weighted by Gasteiger charge is -2.73. The molecule has 3 unspecified atom stereocenters. The molecule has 1 heterocycles. The van der Waals surface area contributed by atoms with E-state index in [1.54, 1.807) is 0 Å². The number of hydrogen-bond donors (Lipinski definition) is 2. The number of allylic oxidation sites excluding steroid dienone is 1. The first-order valence-electron chi connectivity index (χ1n) is 22.3. The van der Waals surface area contributed by atoms with Crippen LogP contribution in [-0.2, 0) is 19.1 Å². The molecule has 6 aliphatic rings. The highest BCUT2D eigenvalue weighted by Gasteiger charge is 2.72. The Morgan fingerprint density at radius 1 is 0.800 bits per heavy atom. The Kier molecular flexibility index (Phi) is 11.4. The van der Waals surface area contributed by atoms with Crippen LogP contribution in [0.15, 0.2) is 12.2 Å². The number of nitrogens with zero attached hydrogens (tertiary/aromatic N) is 2. The second-order valence-corrected chi connectivity index (χ2v) is 22.6. The smallest absolute Gasteiger partial charge is 0.306 e.